The molecule has 0 spiro atoms. The van der Waals surface area contributed by atoms with Crippen LogP contribution in [0.2, 0.25) is 0 Å². The van der Waals surface area contributed by atoms with Crippen LogP contribution >= 0.6 is 23.5 Å². The molecule has 300 valence electrons. The Morgan fingerprint density at radius 1 is 0.542 bits per heavy atom. The van der Waals surface area contributed by atoms with E-state index in [1.165, 1.54) is 43.7 Å². The number of hydrogen-bond donors (Lipinski definition) is 1. The molecule has 2 heterocycles. The molecule has 9 heteroatoms. The standard InChI is InChI=1S/C26H24O4S.C24H22O3S/c1-29-20-9-7-18(8-10-20)23-16-31-24-15-21(30-2)11-12-22(24)26(23)19-5-3-4-17(14-19)6-13-25(27)28;1-26-19-8-6-17(7-9-19)22-15-28-23-13-20(27-2)10-11-21(23)24(22)18-5-3-4-16(12-18)14-25/h3-15,23,26H,16H2,1-2H3,(H,27,28);3-14,22,24H,15H2,1-2H3/b13-6+;. The fourth-order valence-electron chi connectivity index (χ4n) is 7.98. The van der Waals surface area contributed by atoms with Crippen LogP contribution in [-0.4, -0.2) is 57.3 Å². The second-order valence-corrected chi connectivity index (χ2v) is 16.4. The van der Waals surface area contributed by atoms with Gasteiger partial charge in [0, 0.05) is 56.6 Å². The number of thioether (sulfide) groups is 2. The molecule has 6 aromatic carbocycles. The molecular weight excluding hydrogens is 777 g/mol. The average molecular weight is 823 g/mol. The fraction of sp³-hybridized carbons (Fsp3) is 0.200. The van der Waals surface area contributed by atoms with Gasteiger partial charge in [0.25, 0.3) is 0 Å². The predicted octanol–water partition coefficient (Wildman–Crippen LogP) is 11.4. The van der Waals surface area contributed by atoms with Crippen LogP contribution in [0.15, 0.2) is 149 Å². The molecule has 0 fully saturated rings. The van der Waals surface area contributed by atoms with Crippen molar-refractivity contribution in [2.45, 2.75) is 33.5 Å². The molecular formula is C50H46O7S2. The number of methoxy groups -OCH3 is 4. The van der Waals surface area contributed by atoms with Crippen molar-refractivity contribution >= 4 is 41.9 Å². The molecule has 8 rings (SSSR count). The molecule has 0 aliphatic carbocycles. The number of hydrogen-bond acceptors (Lipinski definition) is 8. The molecule has 4 atom stereocenters. The summed E-state index contributed by atoms with van der Waals surface area (Å²) in [6, 6.07) is 45.3. The second-order valence-electron chi connectivity index (χ2n) is 14.3. The largest absolute Gasteiger partial charge is 0.497 e. The number of carboxylic acids is 1. The first kappa shape index (κ1) is 41.3. The van der Waals surface area contributed by atoms with Crippen molar-refractivity contribution in [2.24, 2.45) is 0 Å². The first-order chi connectivity index (χ1) is 28.8. The summed E-state index contributed by atoms with van der Waals surface area (Å²) >= 11 is 3.70. The number of benzene rings is 6. The minimum Gasteiger partial charge on any atom is -0.497 e. The van der Waals surface area contributed by atoms with Gasteiger partial charge >= 0.3 is 5.97 Å². The maximum absolute atomic E-state index is 11.4. The lowest BCUT2D eigenvalue weighted by Crippen LogP contribution is -2.20. The number of carbonyl (C=O) groups excluding carboxylic acids is 1. The van der Waals surface area contributed by atoms with Gasteiger partial charge in [-0.3, -0.25) is 4.79 Å². The van der Waals surface area contributed by atoms with E-state index in [0.29, 0.717) is 11.5 Å². The maximum Gasteiger partial charge on any atom is 0.328 e. The summed E-state index contributed by atoms with van der Waals surface area (Å²) < 4.78 is 21.5. The molecule has 0 bridgehead atoms. The SMILES string of the molecule is COc1ccc(C2CSc3cc(OC)ccc3C2c2cccc(/C=C/C(=O)O)c2)cc1.COc1ccc(C2CSc3cc(OC)ccc3C2c2cccc(C=O)c2)cc1. The van der Waals surface area contributed by atoms with E-state index in [-0.39, 0.29) is 17.8 Å². The summed E-state index contributed by atoms with van der Waals surface area (Å²) in [6.45, 7) is 0. The Hall–Kier alpha value is -5.90. The van der Waals surface area contributed by atoms with Gasteiger partial charge in [-0.1, -0.05) is 78.9 Å². The minimum atomic E-state index is -0.951. The molecule has 59 heavy (non-hydrogen) atoms. The van der Waals surface area contributed by atoms with Crippen molar-refractivity contribution in [1.82, 2.24) is 0 Å². The summed E-state index contributed by atoms with van der Waals surface area (Å²) in [5.74, 6) is 5.27. The van der Waals surface area contributed by atoms with Crippen molar-refractivity contribution in [3.63, 3.8) is 0 Å². The predicted molar refractivity (Wildman–Crippen MR) is 238 cm³/mol. The molecule has 0 saturated heterocycles. The van der Waals surface area contributed by atoms with Crippen molar-refractivity contribution < 1.29 is 33.6 Å². The van der Waals surface area contributed by atoms with Crippen molar-refractivity contribution in [3.05, 3.63) is 184 Å². The third-order valence-corrected chi connectivity index (χ3v) is 13.3. The molecule has 2 aliphatic heterocycles. The molecule has 6 aromatic rings. The Balaban J connectivity index is 0.000000180. The topological polar surface area (TPSA) is 91.3 Å². The minimum absolute atomic E-state index is 0.147. The van der Waals surface area contributed by atoms with Gasteiger partial charge in [-0.2, -0.15) is 0 Å². The van der Waals surface area contributed by atoms with Crippen LogP contribution in [0.3, 0.4) is 0 Å². The van der Waals surface area contributed by atoms with Gasteiger partial charge < -0.3 is 24.1 Å². The monoisotopic (exact) mass is 822 g/mol. The number of carboxylic acid groups (broad SMARTS) is 1. The highest BCUT2D eigenvalue weighted by Gasteiger charge is 2.34. The molecule has 0 amide bonds. The Bertz CT molecular complexity index is 2430. The number of fused-ring (bicyclic) bond motifs is 2. The molecule has 0 radical (unpaired) electrons. The van der Waals surface area contributed by atoms with E-state index < -0.39 is 5.97 Å². The Morgan fingerprint density at radius 3 is 1.39 bits per heavy atom. The quantitative estimate of drug-likeness (QED) is 0.101. The van der Waals surface area contributed by atoms with Crippen molar-refractivity contribution in [1.29, 1.82) is 0 Å². The molecule has 4 unspecified atom stereocenters. The highest BCUT2D eigenvalue weighted by molar-refractivity contribution is 7.99. The lowest BCUT2D eigenvalue weighted by molar-refractivity contribution is -0.131. The van der Waals surface area contributed by atoms with Gasteiger partial charge in [0.1, 0.15) is 29.3 Å². The van der Waals surface area contributed by atoms with E-state index in [1.807, 2.05) is 90.3 Å². The maximum atomic E-state index is 11.4. The Kier molecular flexibility index (Phi) is 13.5. The summed E-state index contributed by atoms with van der Waals surface area (Å²) in [5.41, 5.74) is 8.99. The van der Waals surface area contributed by atoms with Gasteiger partial charge in [0.05, 0.1) is 28.4 Å². The molecule has 7 nitrogen and oxygen atoms in total. The lowest BCUT2D eigenvalue weighted by Gasteiger charge is -2.34. The van der Waals surface area contributed by atoms with Crippen LogP contribution in [0.1, 0.15) is 73.0 Å². The van der Waals surface area contributed by atoms with E-state index >= 15 is 0 Å². The molecule has 0 saturated carbocycles. The number of carbonyl (C=O) groups is 2. The number of ether oxygens (including phenoxy) is 4. The Morgan fingerprint density at radius 2 is 0.966 bits per heavy atom. The van der Waals surface area contributed by atoms with Crippen LogP contribution in [0.25, 0.3) is 6.08 Å². The molecule has 1 N–H and O–H groups in total. The zero-order chi connectivity index (χ0) is 41.3. The number of aliphatic carboxylic acids is 1. The third-order valence-electron chi connectivity index (χ3n) is 10.9. The normalized spacial score (nSPS) is 18.0. The van der Waals surface area contributed by atoms with E-state index in [2.05, 4.69) is 66.7 Å². The number of rotatable bonds is 11. The third kappa shape index (κ3) is 9.54. The first-order valence-corrected chi connectivity index (χ1v) is 21.2. The van der Waals surface area contributed by atoms with Gasteiger partial charge in [0.2, 0.25) is 0 Å². The average Bonchev–Trinajstić information content (AvgIpc) is 3.30. The summed E-state index contributed by atoms with van der Waals surface area (Å²) in [4.78, 5) is 24.8. The summed E-state index contributed by atoms with van der Waals surface area (Å²) in [7, 11) is 6.74. The first-order valence-electron chi connectivity index (χ1n) is 19.3. The lowest BCUT2D eigenvalue weighted by atomic mass is 9.77. The Labute approximate surface area is 354 Å². The smallest absolute Gasteiger partial charge is 0.328 e. The highest BCUT2D eigenvalue weighted by Crippen LogP contribution is 2.51. The van der Waals surface area contributed by atoms with E-state index in [9.17, 15) is 9.59 Å². The van der Waals surface area contributed by atoms with Gasteiger partial charge in [-0.25, -0.2) is 4.79 Å². The van der Waals surface area contributed by atoms with Crippen LogP contribution in [0, 0.1) is 0 Å². The number of aldehydes is 1. The van der Waals surface area contributed by atoms with E-state index in [1.54, 1.807) is 34.5 Å². The fourth-order valence-corrected chi connectivity index (χ4v) is 10.6. The van der Waals surface area contributed by atoms with Crippen LogP contribution in [0.5, 0.6) is 23.0 Å². The summed E-state index contributed by atoms with van der Waals surface area (Å²) in [5, 5.41) is 8.99. The van der Waals surface area contributed by atoms with Crippen LogP contribution in [-0.2, 0) is 4.79 Å². The van der Waals surface area contributed by atoms with Crippen LogP contribution < -0.4 is 18.9 Å². The van der Waals surface area contributed by atoms with Crippen molar-refractivity contribution in [3.8, 4) is 23.0 Å². The molecule has 2 aliphatic rings. The van der Waals surface area contributed by atoms with E-state index in [0.717, 1.165) is 51.9 Å². The highest BCUT2D eigenvalue weighted by atomic mass is 32.2. The van der Waals surface area contributed by atoms with Crippen molar-refractivity contribution in [2.75, 3.05) is 39.9 Å². The second kappa shape index (κ2) is 19.2. The van der Waals surface area contributed by atoms with Gasteiger partial charge in [-0.15, -0.1) is 23.5 Å². The zero-order valence-electron chi connectivity index (χ0n) is 33.4. The zero-order valence-corrected chi connectivity index (χ0v) is 35.0. The van der Waals surface area contributed by atoms with Gasteiger partial charge in [-0.05, 0) is 99.6 Å². The molecule has 0 aromatic heterocycles. The van der Waals surface area contributed by atoms with Crippen LogP contribution in [0.4, 0.5) is 0 Å². The van der Waals surface area contributed by atoms with E-state index in [4.69, 9.17) is 24.1 Å². The summed E-state index contributed by atoms with van der Waals surface area (Å²) in [6.07, 6.45) is 3.73. The van der Waals surface area contributed by atoms with Gasteiger partial charge in [0.15, 0.2) is 0 Å².